The average molecular weight is 985 g/mol. The van der Waals surface area contributed by atoms with Gasteiger partial charge in [-0.3, -0.25) is 0 Å². The summed E-state index contributed by atoms with van der Waals surface area (Å²) in [5, 5.41) is 4.13. The van der Waals surface area contributed by atoms with E-state index in [0.717, 1.165) is 86.1 Å². The van der Waals surface area contributed by atoms with E-state index in [0.29, 0.717) is 0 Å². The third-order valence-electron chi connectivity index (χ3n) is 13.0. The summed E-state index contributed by atoms with van der Waals surface area (Å²) in [6.07, 6.45) is 38.6. The molecule has 0 radical (unpaired) electrons. The second kappa shape index (κ2) is 34.2. The Hall–Kier alpha value is -2.16. The Bertz CT molecular complexity index is 1960. The third kappa shape index (κ3) is 23.1. The second-order valence-electron chi connectivity index (χ2n) is 18.6. The van der Waals surface area contributed by atoms with Crippen molar-refractivity contribution >= 4 is 41.8 Å². The van der Waals surface area contributed by atoms with Gasteiger partial charge in [0, 0.05) is 0 Å². The van der Waals surface area contributed by atoms with Crippen LogP contribution in [-0.4, -0.2) is 25.9 Å². The normalized spacial score (nSPS) is 11.8. The van der Waals surface area contributed by atoms with Crippen molar-refractivity contribution in [2.45, 2.75) is 243 Å². The summed E-state index contributed by atoms with van der Waals surface area (Å²) in [5.74, 6) is 0. The number of fused-ring (bicyclic) bond motifs is 2. The predicted octanol–water partition coefficient (Wildman–Crippen LogP) is 16.7. The van der Waals surface area contributed by atoms with Crippen LogP contribution < -0.4 is 0 Å². The van der Waals surface area contributed by atoms with Crippen LogP contribution in [0.5, 0.6) is 0 Å². The summed E-state index contributed by atoms with van der Waals surface area (Å²) < 4.78 is 70.5. The van der Waals surface area contributed by atoms with Crippen LogP contribution in [0.4, 0.5) is 0 Å². The molecule has 0 saturated heterocycles. The molecule has 0 N–H and O–H groups in total. The Morgan fingerprint density at radius 2 is 0.585 bits per heavy atom. The molecule has 0 heterocycles. The van der Waals surface area contributed by atoms with Crippen molar-refractivity contribution in [1.82, 2.24) is 0 Å². The van der Waals surface area contributed by atoms with Crippen molar-refractivity contribution in [3.05, 3.63) is 82.9 Å². The minimum absolute atomic E-state index is 0. The first-order chi connectivity index (χ1) is 30.9. The Morgan fingerprint density at radius 3 is 0.846 bits per heavy atom. The van der Waals surface area contributed by atoms with E-state index in [1.54, 1.807) is 24.3 Å². The Labute approximate surface area is 410 Å². The largest absolute Gasteiger partial charge is 2.00 e. The number of hydrogen-bond acceptors (Lipinski definition) is 6. The summed E-state index contributed by atoms with van der Waals surface area (Å²) >= 11 is 0. The van der Waals surface area contributed by atoms with Crippen LogP contribution >= 0.6 is 0 Å². The molecule has 0 aliphatic rings. The minimum Gasteiger partial charge on any atom is -0.744 e. The molecule has 0 aliphatic heterocycles. The number of aryl methyl sites for hydroxylation is 4. The zero-order valence-electron chi connectivity index (χ0n) is 41.4. The van der Waals surface area contributed by atoms with Gasteiger partial charge in [0.2, 0.25) is 0 Å². The molecule has 0 spiro atoms. The van der Waals surface area contributed by atoms with Gasteiger partial charge < -0.3 is 9.11 Å². The molecule has 65 heavy (non-hydrogen) atoms. The summed E-state index contributed by atoms with van der Waals surface area (Å²) in [5.41, 5.74) is 4.65. The standard InChI is InChI=1S/2C28H44O3S.Zn/c2*1-3-5-7-9-11-13-15-18-24-20-17-21-26-23-27(32(29,30)31)22-25(28(24)26)19-16-14-12-10-8-6-4-2;/h2*17,20-23H,3-16,18-19H2,1-2H3,(H,29,30,31);/q;;+2/p-2. The van der Waals surface area contributed by atoms with E-state index >= 15 is 0 Å². The van der Waals surface area contributed by atoms with Crippen molar-refractivity contribution in [3.63, 3.8) is 0 Å². The fourth-order valence-corrected chi connectivity index (χ4v) is 10.4. The fourth-order valence-electron chi connectivity index (χ4n) is 9.33. The first kappa shape index (κ1) is 59.0. The van der Waals surface area contributed by atoms with E-state index in [2.05, 4.69) is 39.8 Å². The van der Waals surface area contributed by atoms with Crippen LogP contribution in [-0.2, 0) is 65.4 Å². The summed E-state index contributed by atoms with van der Waals surface area (Å²) in [6.45, 7) is 8.95. The van der Waals surface area contributed by atoms with E-state index in [1.807, 2.05) is 24.3 Å². The van der Waals surface area contributed by atoms with Crippen LogP contribution in [0.15, 0.2) is 70.5 Å². The van der Waals surface area contributed by atoms with Crippen molar-refractivity contribution < 1.29 is 45.4 Å². The smallest absolute Gasteiger partial charge is 0.744 e. The zero-order valence-corrected chi connectivity index (χ0v) is 46.0. The Kier molecular flexibility index (Phi) is 31.0. The van der Waals surface area contributed by atoms with Gasteiger partial charge >= 0.3 is 19.5 Å². The van der Waals surface area contributed by atoms with Crippen LogP contribution in [0.1, 0.15) is 230 Å². The summed E-state index contributed by atoms with van der Waals surface area (Å²) in [4.78, 5) is -0.174. The van der Waals surface area contributed by atoms with Crippen LogP contribution in [0.2, 0.25) is 0 Å². The van der Waals surface area contributed by atoms with Gasteiger partial charge in [-0.25, -0.2) is 16.8 Å². The van der Waals surface area contributed by atoms with Crippen molar-refractivity contribution in [2.75, 3.05) is 0 Å². The van der Waals surface area contributed by atoms with Gasteiger partial charge in [-0.05, 0) is 119 Å². The molecule has 0 aliphatic carbocycles. The first-order valence-electron chi connectivity index (χ1n) is 25.9. The topological polar surface area (TPSA) is 114 Å². The molecule has 4 aromatic rings. The Morgan fingerprint density at radius 1 is 0.338 bits per heavy atom. The van der Waals surface area contributed by atoms with Gasteiger partial charge in [0.15, 0.2) is 0 Å². The van der Waals surface area contributed by atoms with Crippen molar-refractivity contribution in [3.8, 4) is 0 Å². The molecule has 4 rings (SSSR count). The van der Waals surface area contributed by atoms with E-state index < -0.39 is 20.2 Å². The van der Waals surface area contributed by atoms with Gasteiger partial charge in [0.05, 0.1) is 9.79 Å². The molecular weight excluding hydrogens is 898 g/mol. The number of rotatable bonds is 34. The van der Waals surface area contributed by atoms with Gasteiger partial charge in [-0.15, -0.1) is 0 Å². The zero-order chi connectivity index (χ0) is 46.5. The van der Waals surface area contributed by atoms with Gasteiger partial charge in [0.1, 0.15) is 20.2 Å². The van der Waals surface area contributed by atoms with Crippen LogP contribution in [0.3, 0.4) is 0 Å². The number of benzene rings is 4. The van der Waals surface area contributed by atoms with Crippen molar-refractivity contribution in [1.29, 1.82) is 0 Å². The van der Waals surface area contributed by atoms with E-state index in [1.165, 1.54) is 163 Å². The molecule has 0 aromatic heterocycles. The molecular formula is C56H86O6S2Zn. The monoisotopic (exact) mass is 983 g/mol. The maximum atomic E-state index is 11.8. The first-order valence-corrected chi connectivity index (χ1v) is 28.8. The van der Waals surface area contributed by atoms with Crippen LogP contribution in [0.25, 0.3) is 21.5 Å². The average Bonchev–Trinajstić information content (AvgIpc) is 3.27. The minimum atomic E-state index is -4.46. The maximum Gasteiger partial charge on any atom is 2.00 e. The molecule has 0 amide bonds. The molecule has 0 atom stereocenters. The second-order valence-corrected chi connectivity index (χ2v) is 21.3. The maximum absolute atomic E-state index is 11.8. The third-order valence-corrected chi connectivity index (χ3v) is 14.6. The molecule has 9 heteroatoms. The predicted molar refractivity (Wildman–Crippen MR) is 271 cm³/mol. The summed E-state index contributed by atoms with van der Waals surface area (Å²) in [6, 6.07) is 18.7. The van der Waals surface area contributed by atoms with Gasteiger partial charge in [0.25, 0.3) is 0 Å². The molecule has 6 nitrogen and oxygen atoms in total. The molecule has 0 fully saturated rings. The van der Waals surface area contributed by atoms with E-state index in [-0.39, 0.29) is 29.3 Å². The van der Waals surface area contributed by atoms with Gasteiger partial charge in [-0.1, -0.05) is 218 Å². The molecule has 0 unspecified atom stereocenters. The van der Waals surface area contributed by atoms with Crippen molar-refractivity contribution in [2.24, 2.45) is 0 Å². The molecule has 4 aromatic carbocycles. The fraction of sp³-hybridized carbons (Fsp3) is 0.643. The molecule has 0 saturated carbocycles. The summed E-state index contributed by atoms with van der Waals surface area (Å²) in [7, 11) is -8.91. The number of unbranched alkanes of at least 4 members (excludes halogenated alkanes) is 24. The van der Waals surface area contributed by atoms with Gasteiger partial charge in [-0.2, -0.15) is 0 Å². The quantitative estimate of drug-likeness (QED) is 0.0262. The number of hydrogen-bond donors (Lipinski definition) is 0. The molecule has 0 bridgehead atoms. The Balaban J connectivity index is 0.000000440. The SMILES string of the molecule is CCCCCCCCCc1cccc2cc(S(=O)(=O)[O-])cc(CCCCCCCCC)c12.CCCCCCCCCc1cccc2cc(S(=O)(=O)[O-])cc(CCCCCCCCC)c12.[Zn+2]. The van der Waals surface area contributed by atoms with Crippen LogP contribution in [0, 0.1) is 0 Å². The van der Waals surface area contributed by atoms with E-state index in [4.69, 9.17) is 0 Å². The van der Waals surface area contributed by atoms with E-state index in [9.17, 15) is 25.9 Å². The molecule has 360 valence electrons.